The number of aromatic nitrogens is 1. The van der Waals surface area contributed by atoms with Crippen LogP contribution in [0.4, 0.5) is 0 Å². The van der Waals surface area contributed by atoms with Gasteiger partial charge in [-0.3, -0.25) is 4.98 Å². The largest absolute Gasteiger partial charge is 0.316 e. The highest BCUT2D eigenvalue weighted by atomic mass is 14.9. The summed E-state index contributed by atoms with van der Waals surface area (Å²) >= 11 is 0. The summed E-state index contributed by atoms with van der Waals surface area (Å²) < 4.78 is 0. The fraction of sp³-hybridized carbons (Fsp3) is 0.583. The molecule has 1 N–H and O–H groups in total. The van der Waals surface area contributed by atoms with E-state index in [1.807, 2.05) is 20.0 Å². The highest BCUT2D eigenvalue weighted by molar-refractivity contribution is 5.11. The number of nitrogens with zero attached hydrogens (tertiary/aromatic N) is 1. The molecule has 0 aromatic carbocycles. The van der Waals surface area contributed by atoms with Gasteiger partial charge in [0, 0.05) is 23.9 Å². The number of likely N-dealkylation sites (N-methyl/N-ethyl adjacent to an activating group) is 1. The third-order valence-electron chi connectivity index (χ3n) is 2.55. The molecular formula is C12H20N2. The van der Waals surface area contributed by atoms with Crippen molar-refractivity contribution in [2.24, 2.45) is 5.92 Å². The third kappa shape index (κ3) is 3.11. The van der Waals surface area contributed by atoms with Gasteiger partial charge < -0.3 is 5.32 Å². The Labute approximate surface area is 86.8 Å². The lowest BCUT2D eigenvalue weighted by atomic mass is 9.99. The van der Waals surface area contributed by atoms with Gasteiger partial charge in [0.25, 0.3) is 0 Å². The molecule has 0 bridgehead atoms. The summed E-state index contributed by atoms with van der Waals surface area (Å²) in [5.74, 6) is 0.641. The zero-order valence-corrected chi connectivity index (χ0v) is 9.54. The number of pyridine rings is 1. The average molecular weight is 192 g/mol. The van der Waals surface area contributed by atoms with Crippen molar-refractivity contribution >= 4 is 0 Å². The van der Waals surface area contributed by atoms with E-state index in [4.69, 9.17) is 0 Å². The molecule has 0 aliphatic heterocycles. The maximum absolute atomic E-state index is 4.50. The summed E-state index contributed by atoms with van der Waals surface area (Å²) in [6.45, 7) is 6.50. The number of hydrogen-bond donors (Lipinski definition) is 1. The second-order valence-corrected chi connectivity index (χ2v) is 4.11. The van der Waals surface area contributed by atoms with Crippen molar-refractivity contribution in [1.82, 2.24) is 10.3 Å². The Kier molecular flexibility index (Phi) is 4.08. The highest BCUT2D eigenvalue weighted by Crippen LogP contribution is 2.08. The maximum atomic E-state index is 4.50. The molecule has 14 heavy (non-hydrogen) atoms. The van der Waals surface area contributed by atoms with E-state index < -0.39 is 0 Å². The van der Waals surface area contributed by atoms with E-state index in [1.54, 1.807) is 0 Å². The predicted molar refractivity (Wildman–Crippen MR) is 60.4 cm³/mol. The third-order valence-corrected chi connectivity index (χ3v) is 2.55. The SMILES string of the molecule is CNC(Cc1cccc(C)n1)C(C)C. The first kappa shape index (κ1) is 11.2. The minimum absolute atomic E-state index is 0.518. The van der Waals surface area contributed by atoms with E-state index in [0.717, 1.165) is 12.1 Å². The van der Waals surface area contributed by atoms with Crippen LogP contribution in [-0.4, -0.2) is 18.1 Å². The van der Waals surface area contributed by atoms with Crippen molar-refractivity contribution in [3.63, 3.8) is 0 Å². The van der Waals surface area contributed by atoms with Gasteiger partial charge >= 0.3 is 0 Å². The molecule has 0 aliphatic carbocycles. The molecular weight excluding hydrogens is 172 g/mol. The van der Waals surface area contributed by atoms with E-state index in [2.05, 4.69) is 36.3 Å². The van der Waals surface area contributed by atoms with Crippen LogP contribution in [0.1, 0.15) is 25.2 Å². The maximum Gasteiger partial charge on any atom is 0.0422 e. The molecule has 1 rings (SSSR count). The summed E-state index contributed by atoms with van der Waals surface area (Å²) in [5, 5.41) is 3.33. The van der Waals surface area contributed by atoms with Crippen LogP contribution in [-0.2, 0) is 6.42 Å². The molecule has 2 nitrogen and oxygen atoms in total. The molecule has 0 aliphatic rings. The van der Waals surface area contributed by atoms with E-state index in [-0.39, 0.29) is 0 Å². The van der Waals surface area contributed by atoms with E-state index in [0.29, 0.717) is 12.0 Å². The molecule has 1 unspecified atom stereocenters. The highest BCUT2D eigenvalue weighted by Gasteiger charge is 2.11. The lowest BCUT2D eigenvalue weighted by Gasteiger charge is -2.19. The van der Waals surface area contributed by atoms with Crippen molar-refractivity contribution in [2.45, 2.75) is 33.2 Å². The lowest BCUT2D eigenvalue weighted by Crippen LogP contribution is -2.33. The molecule has 78 valence electrons. The van der Waals surface area contributed by atoms with Crippen LogP contribution in [0.25, 0.3) is 0 Å². The molecule has 0 saturated heterocycles. The molecule has 0 saturated carbocycles. The first-order valence-corrected chi connectivity index (χ1v) is 5.23. The van der Waals surface area contributed by atoms with Gasteiger partial charge in [0.05, 0.1) is 0 Å². The van der Waals surface area contributed by atoms with Crippen molar-refractivity contribution in [2.75, 3.05) is 7.05 Å². The average Bonchev–Trinajstić information content (AvgIpc) is 2.14. The van der Waals surface area contributed by atoms with E-state index >= 15 is 0 Å². The van der Waals surface area contributed by atoms with Gasteiger partial charge in [0.15, 0.2) is 0 Å². The molecule has 0 fully saturated rings. The standard InChI is InChI=1S/C12H20N2/c1-9(2)12(13-4)8-11-7-5-6-10(3)14-11/h5-7,9,12-13H,8H2,1-4H3. The van der Waals surface area contributed by atoms with Gasteiger partial charge in [-0.15, -0.1) is 0 Å². The first-order valence-electron chi connectivity index (χ1n) is 5.23. The summed E-state index contributed by atoms with van der Waals surface area (Å²) in [7, 11) is 2.01. The van der Waals surface area contributed by atoms with E-state index in [1.165, 1.54) is 5.69 Å². The Morgan fingerprint density at radius 2 is 2.07 bits per heavy atom. The number of aryl methyl sites for hydroxylation is 1. The van der Waals surface area contributed by atoms with Gasteiger partial charge in [-0.1, -0.05) is 19.9 Å². The minimum Gasteiger partial charge on any atom is -0.316 e. The summed E-state index contributed by atoms with van der Waals surface area (Å²) in [5.41, 5.74) is 2.28. The second kappa shape index (κ2) is 5.11. The van der Waals surface area contributed by atoms with Crippen molar-refractivity contribution in [1.29, 1.82) is 0 Å². The molecule has 1 aromatic rings. The van der Waals surface area contributed by atoms with Crippen LogP contribution in [0, 0.1) is 12.8 Å². The summed E-state index contributed by atoms with van der Waals surface area (Å²) in [6.07, 6.45) is 1.01. The van der Waals surface area contributed by atoms with Crippen molar-refractivity contribution in [3.8, 4) is 0 Å². The molecule has 1 atom stereocenters. The topological polar surface area (TPSA) is 24.9 Å². The number of rotatable bonds is 4. The van der Waals surface area contributed by atoms with Crippen LogP contribution >= 0.6 is 0 Å². The number of hydrogen-bond acceptors (Lipinski definition) is 2. The van der Waals surface area contributed by atoms with Gasteiger partial charge in [0.1, 0.15) is 0 Å². The Morgan fingerprint density at radius 1 is 1.36 bits per heavy atom. The first-order chi connectivity index (χ1) is 6.63. The Hall–Kier alpha value is -0.890. The number of nitrogens with one attached hydrogen (secondary N) is 1. The molecule has 0 radical (unpaired) electrons. The Balaban J connectivity index is 2.67. The smallest absolute Gasteiger partial charge is 0.0422 e. The van der Waals surface area contributed by atoms with Crippen LogP contribution in [0.5, 0.6) is 0 Å². The minimum atomic E-state index is 0.518. The fourth-order valence-electron chi connectivity index (χ4n) is 1.61. The molecule has 0 amide bonds. The van der Waals surface area contributed by atoms with Crippen LogP contribution in [0.15, 0.2) is 18.2 Å². The predicted octanol–water partition coefficient (Wildman–Crippen LogP) is 2.18. The quantitative estimate of drug-likeness (QED) is 0.791. The van der Waals surface area contributed by atoms with Crippen LogP contribution < -0.4 is 5.32 Å². The molecule has 2 heteroatoms. The van der Waals surface area contributed by atoms with Gasteiger partial charge in [-0.2, -0.15) is 0 Å². The summed E-state index contributed by atoms with van der Waals surface area (Å²) in [6, 6.07) is 6.72. The second-order valence-electron chi connectivity index (χ2n) is 4.11. The molecule has 0 spiro atoms. The fourth-order valence-corrected chi connectivity index (χ4v) is 1.61. The van der Waals surface area contributed by atoms with Crippen molar-refractivity contribution in [3.05, 3.63) is 29.6 Å². The monoisotopic (exact) mass is 192 g/mol. The van der Waals surface area contributed by atoms with Gasteiger partial charge in [-0.05, 0) is 32.0 Å². The summed E-state index contributed by atoms with van der Waals surface area (Å²) in [4.78, 5) is 4.50. The van der Waals surface area contributed by atoms with Crippen LogP contribution in [0.2, 0.25) is 0 Å². The normalized spacial score (nSPS) is 13.2. The Bertz CT molecular complexity index is 281. The van der Waals surface area contributed by atoms with E-state index in [9.17, 15) is 0 Å². The van der Waals surface area contributed by atoms with Crippen LogP contribution in [0.3, 0.4) is 0 Å². The molecule has 1 aromatic heterocycles. The van der Waals surface area contributed by atoms with Crippen molar-refractivity contribution < 1.29 is 0 Å². The van der Waals surface area contributed by atoms with Gasteiger partial charge in [-0.25, -0.2) is 0 Å². The van der Waals surface area contributed by atoms with Gasteiger partial charge in [0.2, 0.25) is 0 Å². The Morgan fingerprint density at radius 3 is 2.57 bits per heavy atom. The molecule has 1 heterocycles. The zero-order valence-electron chi connectivity index (χ0n) is 9.54. The zero-order chi connectivity index (χ0) is 10.6. The lowest BCUT2D eigenvalue weighted by molar-refractivity contribution is 0.421.